The van der Waals surface area contributed by atoms with Crippen molar-refractivity contribution >= 4 is 16.9 Å². The third-order valence-electron chi connectivity index (χ3n) is 2.95. The number of benzene rings is 1. The van der Waals surface area contributed by atoms with Crippen LogP contribution in [0.2, 0.25) is 0 Å². The fourth-order valence-electron chi connectivity index (χ4n) is 2.06. The molecule has 0 saturated heterocycles. The number of carbonyl (C=O) groups is 1. The zero-order valence-electron chi connectivity index (χ0n) is 9.77. The van der Waals surface area contributed by atoms with Crippen LogP contribution in [0, 0.1) is 0 Å². The van der Waals surface area contributed by atoms with E-state index in [2.05, 4.69) is 4.98 Å². The Morgan fingerprint density at radius 1 is 1.33 bits per heavy atom. The highest BCUT2D eigenvalue weighted by atomic mass is 16.7. The van der Waals surface area contributed by atoms with E-state index in [0.717, 1.165) is 10.9 Å². The van der Waals surface area contributed by atoms with Crippen molar-refractivity contribution in [2.45, 2.75) is 13.3 Å². The molecule has 0 spiro atoms. The Morgan fingerprint density at radius 3 is 2.72 bits per heavy atom. The van der Waals surface area contributed by atoms with Crippen molar-refractivity contribution < 1.29 is 19.4 Å². The van der Waals surface area contributed by atoms with Gasteiger partial charge in [-0.3, -0.25) is 4.98 Å². The van der Waals surface area contributed by atoms with Crippen molar-refractivity contribution in [1.82, 2.24) is 4.98 Å². The second kappa shape index (κ2) is 3.87. The number of aryl methyl sites for hydroxylation is 1. The maximum atomic E-state index is 11.2. The van der Waals surface area contributed by atoms with Crippen LogP contribution in [-0.4, -0.2) is 22.9 Å². The number of fused-ring (bicyclic) bond motifs is 2. The Kier molecular flexibility index (Phi) is 2.33. The minimum absolute atomic E-state index is 0.193. The number of hydrogen-bond acceptors (Lipinski definition) is 4. The smallest absolute Gasteiger partial charge is 0.337 e. The van der Waals surface area contributed by atoms with E-state index in [9.17, 15) is 4.79 Å². The van der Waals surface area contributed by atoms with E-state index in [1.165, 1.54) is 0 Å². The molecule has 0 unspecified atom stereocenters. The molecule has 2 aromatic rings. The first-order chi connectivity index (χ1) is 8.69. The van der Waals surface area contributed by atoms with Crippen molar-refractivity contribution in [3.05, 3.63) is 29.5 Å². The standard InChI is InChI=1S/C13H11NO4/c1-2-9-8(13(15)16)3-7-4-11-12(18-6-17-11)5-10(7)14-9/h3-5H,2,6H2,1H3,(H,15,16). The van der Waals surface area contributed by atoms with E-state index in [4.69, 9.17) is 14.6 Å². The molecule has 0 amide bonds. The van der Waals surface area contributed by atoms with Crippen LogP contribution in [0.15, 0.2) is 18.2 Å². The van der Waals surface area contributed by atoms with Gasteiger partial charge in [-0.1, -0.05) is 6.92 Å². The first kappa shape index (κ1) is 10.8. The largest absolute Gasteiger partial charge is 0.478 e. The summed E-state index contributed by atoms with van der Waals surface area (Å²) >= 11 is 0. The Labute approximate surface area is 103 Å². The molecule has 0 saturated carbocycles. The molecule has 0 radical (unpaired) electrons. The Morgan fingerprint density at radius 2 is 2.06 bits per heavy atom. The number of ether oxygens (including phenoxy) is 2. The molecule has 18 heavy (non-hydrogen) atoms. The zero-order chi connectivity index (χ0) is 12.7. The van der Waals surface area contributed by atoms with E-state index in [-0.39, 0.29) is 12.4 Å². The normalized spacial score (nSPS) is 12.9. The van der Waals surface area contributed by atoms with Crippen LogP contribution in [0.25, 0.3) is 10.9 Å². The summed E-state index contributed by atoms with van der Waals surface area (Å²) in [5, 5.41) is 9.90. The van der Waals surface area contributed by atoms with Gasteiger partial charge in [0.25, 0.3) is 0 Å². The molecular weight excluding hydrogens is 234 g/mol. The van der Waals surface area contributed by atoms with Gasteiger partial charge in [-0.15, -0.1) is 0 Å². The maximum Gasteiger partial charge on any atom is 0.337 e. The lowest BCUT2D eigenvalue weighted by Gasteiger charge is -2.06. The number of hydrogen-bond donors (Lipinski definition) is 1. The van der Waals surface area contributed by atoms with Crippen LogP contribution in [0.3, 0.4) is 0 Å². The molecule has 1 aliphatic rings. The van der Waals surface area contributed by atoms with Gasteiger partial charge in [-0.05, 0) is 18.6 Å². The van der Waals surface area contributed by atoms with Crippen molar-refractivity contribution in [2.75, 3.05) is 6.79 Å². The Balaban J connectivity index is 2.28. The highest BCUT2D eigenvalue weighted by molar-refractivity contribution is 5.95. The second-order valence-corrected chi connectivity index (χ2v) is 4.04. The monoisotopic (exact) mass is 245 g/mol. The molecule has 1 aliphatic heterocycles. The summed E-state index contributed by atoms with van der Waals surface area (Å²) < 4.78 is 10.5. The molecule has 0 aliphatic carbocycles. The molecule has 2 heterocycles. The van der Waals surface area contributed by atoms with Gasteiger partial charge in [0.05, 0.1) is 16.8 Å². The summed E-state index contributed by atoms with van der Waals surface area (Å²) in [5.41, 5.74) is 1.54. The van der Waals surface area contributed by atoms with Crippen LogP contribution in [0.4, 0.5) is 0 Å². The topological polar surface area (TPSA) is 68.7 Å². The first-order valence-corrected chi connectivity index (χ1v) is 5.65. The van der Waals surface area contributed by atoms with Crippen LogP contribution in [0.5, 0.6) is 11.5 Å². The van der Waals surface area contributed by atoms with Crippen molar-refractivity contribution in [1.29, 1.82) is 0 Å². The summed E-state index contributed by atoms with van der Waals surface area (Å²) in [6.07, 6.45) is 0.575. The second-order valence-electron chi connectivity index (χ2n) is 4.04. The van der Waals surface area contributed by atoms with E-state index >= 15 is 0 Å². The SMILES string of the molecule is CCc1nc2cc3c(cc2cc1C(=O)O)OCO3. The van der Waals surface area contributed by atoms with Crippen molar-refractivity contribution in [2.24, 2.45) is 0 Å². The lowest BCUT2D eigenvalue weighted by molar-refractivity contribution is 0.0695. The van der Waals surface area contributed by atoms with E-state index in [1.54, 1.807) is 18.2 Å². The molecule has 3 rings (SSSR count). The summed E-state index contributed by atoms with van der Waals surface area (Å²) in [6.45, 7) is 2.08. The van der Waals surface area contributed by atoms with Crippen LogP contribution in [-0.2, 0) is 6.42 Å². The summed E-state index contributed by atoms with van der Waals surface area (Å²) in [7, 11) is 0. The average molecular weight is 245 g/mol. The Hall–Kier alpha value is -2.30. The number of aromatic nitrogens is 1. The van der Waals surface area contributed by atoms with Crippen LogP contribution < -0.4 is 9.47 Å². The molecule has 92 valence electrons. The molecule has 0 atom stereocenters. The van der Waals surface area contributed by atoms with Gasteiger partial charge in [-0.2, -0.15) is 0 Å². The van der Waals surface area contributed by atoms with Gasteiger partial charge in [-0.25, -0.2) is 4.79 Å². The fourth-order valence-corrected chi connectivity index (χ4v) is 2.06. The lowest BCUT2D eigenvalue weighted by atomic mass is 10.1. The number of carboxylic acid groups (broad SMARTS) is 1. The van der Waals surface area contributed by atoms with Crippen molar-refractivity contribution in [3.63, 3.8) is 0 Å². The highest BCUT2D eigenvalue weighted by Crippen LogP contribution is 2.36. The zero-order valence-corrected chi connectivity index (χ0v) is 9.77. The number of pyridine rings is 1. The molecule has 1 N–H and O–H groups in total. The van der Waals surface area contributed by atoms with Gasteiger partial charge in [0.2, 0.25) is 6.79 Å². The van der Waals surface area contributed by atoms with Gasteiger partial charge >= 0.3 is 5.97 Å². The number of aromatic carboxylic acids is 1. The number of nitrogens with zero attached hydrogens (tertiary/aromatic N) is 1. The minimum atomic E-state index is -0.959. The number of rotatable bonds is 2. The molecular formula is C13H11NO4. The maximum absolute atomic E-state index is 11.2. The predicted molar refractivity (Wildman–Crippen MR) is 64.2 cm³/mol. The van der Waals surface area contributed by atoms with Gasteiger partial charge in [0, 0.05) is 11.5 Å². The minimum Gasteiger partial charge on any atom is -0.478 e. The van der Waals surface area contributed by atoms with Crippen LogP contribution >= 0.6 is 0 Å². The molecule has 0 fully saturated rings. The van der Waals surface area contributed by atoms with E-state index in [0.29, 0.717) is 23.6 Å². The molecule has 0 bridgehead atoms. The van der Waals surface area contributed by atoms with Gasteiger partial charge in [0.15, 0.2) is 11.5 Å². The Bertz CT molecular complexity index is 651. The van der Waals surface area contributed by atoms with Gasteiger partial charge in [0.1, 0.15) is 0 Å². The van der Waals surface area contributed by atoms with E-state index < -0.39 is 5.97 Å². The summed E-state index contributed by atoms with van der Waals surface area (Å²) in [4.78, 5) is 15.5. The first-order valence-electron chi connectivity index (χ1n) is 5.65. The predicted octanol–water partition coefficient (Wildman–Crippen LogP) is 2.22. The average Bonchev–Trinajstić information content (AvgIpc) is 2.81. The van der Waals surface area contributed by atoms with Crippen molar-refractivity contribution in [3.8, 4) is 11.5 Å². The van der Waals surface area contributed by atoms with Gasteiger partial charge < -0.3 is 14.6 Å². The third-order valence-corrected chi connectivity index (χ3v) is 2.95. The fraction of sp³-hybridized carbons (Fsp3) is 0.231. The number of carboxylic acids is 1. The lowest BCUT2D eigenvalue weighted by Crippen LogP contribution is -2.04. The summed E-state index contributed by atoms with van der Waals surface area (Å²) in [5.74, 6) is 0.323. The van der Waals surface area contributed by atoms with Crippen LogP contribution in [0.1, 0.15) is 23.0 Å². The molecule has 5 nitrogen and oxygen atoms in total. The van der Waals surface area contributed by atoms with E-state index in [1.807, 2.05) is 6.92 Å². The molecule has 1 aromatic carbocycles. The molecule has 5 heteroatoms. The quantitative estimate of drug-likeness (QED) is 0.878. The third kappa shape index (κ3) is 1.55. The highest BCUT2D eigenvalue weighted by Gasteiger charge is 2.17. The molecule has 1 aromatic heterocycles. The summed E-state index contributed by atoms with van der Waals surface area (Å²) in [6, 6.07) is 5.17.